The van der Waals surface area contributed by atoms with Gasteiger partial charge in [-0.2, -0.15) is 0 Å². The monoisotopic (exact) mass is 445 g/mol. The number of halogens is 1. The van der Waals surface area contributed by atoms with Crippen LogP contribution in [0.1, 0.15) is 29.3 Å². The fourth-order valence-electron chi connectivity index (χ4n) is 3.32. The van der Waals surface area contributed by atoms with E-state index in [-0.39, 0.29) is 16.5 Å². The van der Waals surface area contributed by atoms with Gasteiger partial charge in [-0.05, 0) is 43.5 Å². The Morgan fingerprint density at radius 3 is 2.74 bits per heavy atom. The molecule has 1 aliphatic heterocycles. The maximum atomic E-state index is 12.8. The lowest BCUT2D eigenvalue weighted by Gasteiger charge is -2.31. The topological polar surface area (TPSA) is 119 Å². The van der Waals surface area contributed by atoms with Crippen molar-refractivity contribution in [2.24, 2.45) is 0 Å². The van der Waals surface area contributed by atoms with Gasteiger partial charge in [-0.25, -0.2) is 0 Å². The highest BCUT2D eigenvalue weighted by Crippen LogP contribution is 2.27. The zero-order chi connectivity index (χ0) is 22.5. The minimum atomic E-state index is -1.04. The molecule has 1 heterocycles. The van der Waals surface area contributed by atoms with Crippen molar-refractivity contribution < 1.29 is 24.0 Å². The van der Waals surface area contributed by atoms with Crippen LogP contribution in [0.15, 0.2) is 42.5 Å². The predicted molar refractivity (Wildman–Crippen MR) is 113 cm³/mol. The summed E-state index contributed by atoms with van der Waals surface area (Å²) < 4.78 is 5.17. The molecule has 3 rings (SSSR count). The molecule has 0 fully saturated rings. The van der Waals surface area contributed by atoms with Crippen molar-refractivity contribution in [2.45, 2.75) is 25.9 Å². The molecule has 1 N–H and O–H groups in total. The van der Waals surface area contributed by atoms with Crippen LogP contribution >= 0.6 is 11.6 Å². The smallest absolute Gasteiger partial charge is 0.326 e. The van der Waals surface area contributed by atoms with Crippen molar-refractivity contribution in [1.82, 2.24) is 5.32 Å². The SMILES string of the molecule is CC(OC(=O)CNC(=O)c1ccc(Cl)c([N+](=O)[O-])c1)C(=O)N1CCCc2ccccc21. The second-order valence-corrected chi connectivity index (χ2v) is 7.37. The summed E-state index contributed by atoms with van der Waals surface area (Å²) in [5.74, 6) is -1.86. The molecule has 0 radical (unpaired) electrons. The lowest BCUT2D eigenvalue weighted by atomic mass is 10.0. The highest BCUT2D eigenvalue weighted by Gasteiger charge is 2.28. The third-order valence-corrected chi connectivity index (χ3v) is 5.15. The van der Waals surface area contributed by atoms with Crippen molar-refractivity contribution >= 4 is 40.8 Å². The van der Waals surface area contributed by atoms with Gasteiger partial charge in [0, 0.05) is 23.9 Å². The summed E-state index contributed by atoms with van der Waals surface area (Å²) >= 11 is 5.72. The normalized spacial score (nSPS) is 13.7. The van der Waals surface area contributed by atoms with Gasteiger partial charge in [0.05, 0.1) is 4.92 Å². The quantitative estimate of drug-likeness (QED) is 0.415. The number of aryl methyl sites for hydroxylation is 1. The van der Waals surface area contributed by atoms with Crippen LogP contribution < -0.4 is 10.2 Å². The summed E-state index contributed by atoms with van der Waals surface area (Å²) in [6, 6.07) is 11.1. The van der Waals surface area contributed by atoms with E-state index in [1.54, 1.807) is 4.90 Å². The number of anilines is 1. The number of carbonyl (C=O) groups is 3. The average molecular weight is 446 g/mol. The Bertz CT molecular complexity index is 1040. The van der Waals surface area contributed by atoms with Crippen LogP contribution in [0, 0.1) is 10.1 Å². The first-order valence-corrected chi connectivity index (χ1v) is 9.96. The van der Waals surface area contributed by atoms with Gasteiger partial charge in [-0.3, -0.25) is 24.5 Å². The van der Waals surface area contributed by atoms with E-state index in [0.29, 0.717) is 6.54 Å². The molecule has 10 heteroatoms. The van der Waals surface area contributed by atoms with Crippen LogP contribution in [-0.4, -0.2) is 41.9 Å². The zero-order valence-corrected chi connectivity index (χ0v) is 17.4. The maximum absolute atomic E-state index is 12.8. The Morgan fingerprint density at radius 2 is 2.00 bits per heavy atom. The number of nitrogens with one attached hydrogen (secondary N) is 1. The van der Waals surface area contributed by atoms with E-state index in [1.807, 2.05) is 24.3 Å². The van der Waals surface area contributed by atoms with Gasteiger partial charge in [0.15, 0.2) is 6.10 Å². The molecule has 0 saturated heterocycles. The molecule has 1 unspecified atom stereocenters. The number of para-hydroxylation sites is 1. The number of rotatable bonds is 6. The Morgan fingerprint density at radius 1 is 1.26 bits per heavy atom. The van der Waals surface area contributed by atoms with E-state index in [9.17, 15) is 24.5 Å². The molecule has 31 heavy (non-hydrogen) atoms. The molecule has 0 aromatic heterocycles. The molecule has 2 aromatic carbocycles. The fourth-order valence-corrected chi connectivity index (χ4v) is 3.51. The average Bonchev–Trinajstić information content (AvgIpc) is 2.76. The molecular formula is C21H20ClN3O6. The third-order valence-electron chi connectivity index (χ3n) is 4.83. The fraction of sp³-hybridized carbons (Fsp3) is 0.286. The van der Waals surface area contributed by atoms with Crippen LogP contribution in [0.3, 0.4) is 0 Å². The summed E-state index contributed by atoms with van der Waals surface area (Å²) in [6.45, 7) is 1.51. The van der Waals surface area contributed by atoms with Crippen molar-refractivity contribution in [3.8, 4) is 0 Å². The van der Waals surface area contributed by atoms with E-state index in [0.717, 1.165) is 30.2 Å². The maximum Gasteiger partial charge on any atom is 0.326 e. The molecule has 1 aliphatic rings. The van der Waals surface area contributed by atoms with Gasteiger partial charge < -0.3 is 15.0 Å². The first kappa shape index (κ1) is 22.2. The minimum Gasteiger partial charge on any atom is -0.451 e. The summed E-state index contributed by atoms with van der Waals surface area (Å²) in [5, 5.41) is 13.2. The molecule has 162 valence electrons. The Labute approximate surface area is 183 Å². The van der Waals surface area contributed by atoms with Gasteiger partial charge in [-0.1, -0.05) is 29.8 Å². The van der Waals surface area contributed by atoms with Crippen molar-refractivity contribution in [3.63, 3.8) is 0 Å². The van der Waals surface area contributed by atoms with Crippen molar-refractivity contribution in [3.05, 3.63) is 68.7 Å². The zero-order valence-electron chi connectivity index (χ0n) is 16.7. The van der Waals surface area contributed by atoms with Crippen LogP contribution in [0.25, 0.3) is 0 Å². The summed E-state index contributed by atoms with van der Waals surface area (Å²) in [7, 11) is 0. The number of nitrogens with zero attached hydrogens (tertiary/aromatic N) is 2. The number of hydrogen-bond acceptors (Lipinski definition) is 6. The van der Waals surface area contributed by atoms with Gasteiger partial charge in [0.1, 0.15) is 11.6 Å². The standard InChI is InChI=1S/C21H20ClN3O6/c1-13(21(28)24-10-4-6-14-5-2-3-7-17(14)24)31-19(26)12-23-20(27)15-8-9-16(22)18(11-15)25(29)30/h2-3,5,7-9,11,13H,4,6,10,12H2,1H3,(H,23,27). The predicted octanol–water partition coefficient (Wildman–Crippen LogP) is 2.89. The summed E-state index contributed by atoms with van der Waals surface area (Å²) in [4.78, 5) is 48.9. The molecule has 0 aliphatic carbocycles. The van der Waals surface area contributed by atoms with Crippen LogP contribution in [0.2, 0.25) is 5.02 Å². The lowest BCUT2D eigenvalue weighted by molar-refractivity contribution is -0.384. The van der Waals surface area contributed by atoms with E-state index in [2.05, 4.69) is 5.32 Å². The number of ether oxygens (including phenoxy) is 1. The van der Waals surface area contributed by atoms with Gasteiger partial charge >= 0.3 is 5.97 Å². The van der Waals surface area contributed by atoms with Crippen LogP contribution in [0.4, 0.5) is 11.4 Å². The van der Waals surface area contributed by atoms with Gasteiger partial charge in [-0.15, -0.1) is 0 Å². The number of benzene rings is 2. The van der Waals surface area contributed by atoms with Crippen LogP contribution in [-0.2, 0) is 20.7 Å². The number of nitro groups is 1. The van der Waals surface area contributed by atoms with Crippen molar-refractivity contribution in [1.29, 1.82) is 0 Å². The first-order valence-electron chi connectivity index (χ1n) is 9.59. The molecule has 0 saturated carbocycles. The number of hydrogen-bond donors (Lipinski definition) is 1. The van der Waals surface area contributed by atoms with Crippen LogP contribution in [0.5, 0.6) is 0 Å². The number of amides is 2. The van der Waals surface area contributed by atoms with Crippen molar-refractivity contribution in [2.75, 3.05) is 18.0 Å². The van der Waals surface area contributed by atoms with Gasteiger partial charge in [0.25, 0.3) is 17.5 Å². The highest BCUT2D eigenvalue weighted by molar-refractivity contribution is 6.32. The molecule has 1 atom stereocenters. The molecule has 0 bridgehead atoms. The Balaban J connectivity index is 1.56. The number of carbonyl (C=O) groups excluding carboxylic acids is 3. The van der Waals surface area contributed by atoms with E-state index >= 15 is 0 Å². The molecule has 2 aromatic rings. The van der Waals surface area contributed by atoms with E-state index < -0.39 is 35.1 Å². The summed E-state index contributed by atoms with van der Waals surface area (Å²) in [5.41, 5.74) is 1.42. The number of nitro benzene ring substituents is 1. The van der Waals surface area contributed by atoms with E-state index in [4.69, 9.17) is 16.3 Å². The first-order chi connectivity index (χ1) is 14.8. The second kappa shape index (κ2) is 9.57. The highest BCUT2D eigenvalue weighted by atomic mass is 35.5. The Hall–Kier alpha value is -3.46. The van der Waals surface area contributed by atoms with Gasteiger partial charge in [0.2, 0.25) is 0 Å². The molecule has 0 spiro atoms. The molecule has 2 amide bonds. The molecular weight excluding hydrogens is 426 g/mol. The second-order valence-electron chi connectivity index (χ2n) is 6.96. The molecule has 9 nitrogen and oxygen atoms in total. The summed E-state index contributed by atoms with van der Waals surface area (Å²) in [6.07, 6.45) is 0.655. The third kappa shape index (κ3) is 5.18. The number of fused-ring (bicyclic) bond motifs is 1. The Kier molecular flexibility index (Phi) is 6.86. The van der Waals surface area contributed by atoms with E-state index in [1.165, 1.54) is 19.1 Å². The largest absolute Gasteiger partial charge is 0.451 e. The lowest BCUT2D eigenvalue weighted by Crippen LogP contribution is -2.43. The number of esters is 1. The minimum absolute atomic E-state index is 0.0297.